The summed E-state index contributed by atoms with van der Waals surface area (Å²) in [5.74, 6) is -0.123. The van der Waals surface area contributed by atoms with Crippen LogP contribution < -0.4 is 5.32 Å². The lowest BCUT2D eigenvalue weighted by atomic mass is 10.1. The topological polar surface area (TPSA) is 65.4 Å². The summed E-state index contributed by atoms with van der Waals surface area (Å²) in [6.07, 6.45) is 0. The number of amides is 1. The number of ether oxygens (including phenoxy) is 1. The molecule has 1 N–H and O–H groups in total. The molecule has 1 amide bonds. The van der Waals surface area contributed by atoms with E-state index in [1.807, 2.05) is 20.8 Å². The minimum Gasteiger partial charge on any atom is -0.383 e. The molecule has 0 saturated heterocycles. The van der Waals surface area contributed by atoms with Crippen molar-refractivity contribution in [2.45, 2.75) is 32.9 Å². The van der Waals surface area contributed by atoms with E-state index in [0.29, 0.717) is 24.4 Å². The third kappa shape index (κ3) is 4.85. The zero-order valence-electron chi connectivity index (χ0n) is 13.1. The van der Waals surface area contributed by atoms with Crippen molar-refractivity contribution in [2.75, 3.05) is 25.6 Å². The molecule has 1 aromatic rings. The molecule has 5 nitrogen and oxygen atoms in total. The summed E-state index contributed by atoms with van der Waals surface area (Å²) in [4.78, 5) is 14.4. The number of methoxy groups -OCH3 is 1. The van der Waals surface area contributed by atoms with Gasteiger partial charge in [0.15, 0.2) is 0 Å². The predicted octanol–water partition coefficient (Wildman–Crippen LogP) is 2.24. The van der Waals surface area contributed by atoms with Gasteiger partial charge in [-0.15, -0.1) is 0 Å². The van der Waals surface area contributed by atoms with Crippen LogP contribution in [0.4, 0.5) is 5.69 Å². The minimum absolute atomic E-state index is 0.123. The van der Waals surface area contributed by atoms with Crippen molar-refractivity contribution in [1.29, 1.82) is 5.26 Å². The van der Waals surface area contributed by atoms with Gasteiger partial charge in [-0.1, -0.05) is 12.1 Å². The first-order valence-corrected chi connectivity index (χ1v) is 7.06. The monoisotopic (exact) mass is 289 g/mol. The first-order chi connectivity index (χ1) is 10.0. The lowest BCUT2D eigenvalue weighted by Crippen LogP contribution is -2.47. The third-order valence-corrected chi connectivity index (χ3v) is 3.40. The Bertz CT molecular complexity index is 508. The van der Waals surface area contributed by atoms with Crippen LogP contribution in [0.15, 0.2) is 24.3 Å². The summed E-state index contributed by atoms with van der Waals surface area (Å²) in [6.45, 7) is 7.21. The molecule has 1 rings (SSSR count). The van der Waals surface area contributed by atoms with Crippen LogP contribution in [-0.4, -0.2) is 43.2 Å². The van der Waals surface area contributed by atoms with Gasteiger partial charge >= 0.3 is 0 Å². The second-order valence-corrected chi connectivity index (χ2v) is 5.15. The molecule has 0 aliphatic rings. The molecule has 0 radical (unpaired) electrons. The molecule has 0 bridgehead atoms. The van der Waals surface area contributed by atoms with Gasteiger partial charge in [-0.2, -0.15) is 5.26 Å². The van der Waals surface area contributed by atoms with E-state index in [1.165, 1.54) is 0 Å². The van der Waals surface area contributed by atoms with E-state index in [2.05, 4.69) is 16.3 Å². The smallest absolute Gasteiger partial charge is 0.241 e. The van der Waals surface area contributed by atoms with Gasteiger partial charge in [-0.25, -0.2) is 0 Å². The highest BCUT2D eigenvalue weighted by Crippen LogP contribution is 2.15. The molecular formula is C16H23N3O2. The lowest BCUT2D eigenvalue weighted by Gasteiger charge is -2.31. The molecule has 114 valence electrons. The van der Waals surface area contributed by atoms with Gasteiger partial charge in [0.2, 0.25) is 5.91 Å². The molecular weight excluding hydrogens is 266 g/mol. The van der Waals surface area contributed by atoms with Crippen molar-refractivity contribution >= 4 is 11.6 Å². The summed E-state index contributed by atoms with van der Waals surface area (Å²) in [5, 5.41) is 11.9. The Kier molecular flexibility index (Phi) is 6.86. The van der Waals surface area contributed by atoms with Crippen LogP contribution in [0.5, 0.6) is 0 Å². The van der Waals surface area contributed by atoms with Crippen molar-refractivity contribution in [3.05, 3.63) is 29.8 Å². The maximum atomic E-state index is 12.4. The zero-order valence-corrected chi connectivity index (χ0v) is 13.1. The van der Waals surface area contributed by atoms with Gasteiger partial charge in [0.05, 0.1) is 23.9 Å². The van der Waals surface area contributed by atoms with Gasteiger partial charge in [-0.3, -0.25) is 9.69 Å². The van der Waals surface area contributed by atoms with Crippen LogP contribution in [0, 0.1) is 11.3 Å². The molecule has 1 atom stereocenters. The number of para-hydroxylation sites is 1. The van der Waals surface area contributed by atoms with Gasteiger partial charge in [0.25, 0.3) is 0 Å². The third-order valence-electron chi connectivity index (χ3n) is 3.40. The number of nitrogens with one attached hydrogen (secondary N) is 1. The number of carbonyl (C=O) groups excluding carboxylic acids is 1. The second kappa shape index (κ2) is 8.40. The maximum Gasteiger partial charge on any atom is 0.241 e. The van der Waals surface area contributed by atoms with Crippen LogP contribution >= 0.6 is 0 Å². The molecule has 0 fully saturated rings. The Morgan fingerprint density at radius 1 is 1.38 bits per heavy atom. The van der Waals surface area contributed by atoms with E-state index in [0.717, 1.165) is 0 Å². The number of hydrogen-bond donors (Lipinski definition) is 1. The summed E-state index contributed by atoms with van der Waals surface area (Å²) < 4.78 is 5.09. The standard InChI is InChI=1S/C16H23N3O2/c1-12(2)19(9-10-21-4)13(3)16(20)18-15-8-6-5-7-14(15)11-17/h5-8,12-13H,9-10H2,1-4H3,(H,18,20). The van der Waals surface area contributed by atoms with Gasteiger partial charge in [-0.05, 0) is 32.9 Å². The maximum absolute atomic E-state index is 12.4. The number of nitriles is 1. The minimum atomic E-state index is -0.299. The molecule has 5 heteroatoms. The Morgan fingerprint density at radius 2 is 2.05 bits per heavy atom. The van der Waals surface area contributed by atoms with E-state index in [9.17, 15) is 4.79 Å². The highest BCUT2D eigenvalue weighted by atomic mass is 16.5. The Labute approximate surface area is 126 Å². The van der Waals surface area contributed by atoms with E-state index in [1.54, 1.807) is 31.4 Å². The number of carbonyl (C=O) groups is 1. The average molecular weight is 289 g/mol. The molecule has 0 aromatic heterocycles. The molecule has 1 unspecified atom stereocenters. The van der Waals surface area contributed by atoms with Crippen LogP contribution in [0.3, 0.4) is 0 Å². The molecule has 0 saturated carbocycles. The second-order valence-electron chi connectivity index (χ2n) is 5.15. The van der Waals surface area contributed by atoms with Crippen LogP contribution in [0.2, 0.25) is 0 Å². The van der Waals surface area contributed by atoms with Crippen molar-refractivity contribution in [2.24, 2.45) is 0 Å². The quantitative estimate of drug-likeness (QED) is 0.836. The molecule has 21 heavy (non-hydrogen) atoms. The van der Waals surface area contributed by atoms with Gasteiger partial charge in [0.1, 0.15) is 6.07 Å². The number of nitrogens with zero attached hydrogens (tertiary/aromatic N) is 2. The van der Waals surface area contributed by atoms with Gasteiger partial charge < -0.3 is 10.1 Å². The van der Waals surface area contributed by atoms with Crippen LogP contribution in [0.1, 0.15) is 26.3 Å². The lowest BCUT2D eigenvalue weighted by molar-refractivity contribution is -0.121. The number of benzene rings is 1. The fourth-order valence-electron chi connectivity index (χ4n) is 2.17. The first-order valence-electron chi connectivity index (χ1n) is 7.06. The number of anilines is 1. The normalized spacial score (nSPS) is 12.2. The van der Waals surface area contributed by atoms with Gasteiger partial charge in [0, 0.05) is 19.7 Å². The largest absolute Gasteiger partial charge is 0.383 e. The first kappa shape index (κ1) is 17.2. The number of rotatable bonds is 7. The fourth-order valence-corrected chi connectivity index (χ4v) is 2.17. The highest BCUT2D eigenvalue weighted by Gasteiger charge is 2.23. The SMILES string of the molecule is COCCN(C(C)C)C(C)C(=O)Nc1ccccc1C#N. The predicted molar refractivity (Wildman–Crippen MR) is 83.0 cm³/mol. The Balaban J connectivity index is 2.79. The summed E-state index contributed by atoms with van der Waals surface area (Å²) in [6, 6.07) is 9.00. The zero-order chi connectivity index (χ0) is 15.8. The highest BCUT2D eigenvalue weighted by molar-refractivity contribution is 5.95. The molecule has 1 aromatic carbocycles. The van der Waals surface area contributed by atoms with E-state index < -0.39 is 0 Å². The average Bonchev–Trinajstić information content (AvgIpc) is 2.47. The van der Waals surface area contributed by atoms with Crippen molar-refractivity contribution in [3.63, 3.8) is 0 Å². The van der Waals surface area contributed by atoms with Crippen LogP contribution in [0.25, 0.3) is 0 Å². The fraction of sp³-hybridized carbons (Fsp3) is 0.500. The molecule has 0 spiro atoms. The van der Waals surface area contributed by atoms with Crippen molar-refractivity contribution in [3.8, 4) is 6.07 Å². The summed E-state index contributed by atoms with van der Waals surface area (Å²) in [5.41, 5.74) is 1.01. The molecule has 0 aliphatic carbocycles. The Morgan fingerprint density at radius 3 is 2.62 bits per heavy atom. The number of hydrogen-bond acceptors (Lipinski definition) is 4. The molecule has 0 heterocycles. The van der Waals surface area contributed by atoms with E-state index >= 15 is 0 Å². The van der Waals surface area contributed by atoms with Crippen molar-refractivity contribution in [1.82, 2.24) is 4.90 Å². The van der Waals surface area contributed by atoms with E-state index in [4.69, 9.17) is 10.00 Å². The van der Waals surface area contributed by atoms with Crippen molar-refractivity contribution < 1.29 is 9.53 Å². The van der Waals surface area contributed by atoms with Crippen LogP contribution in [-0.2, 0) is 9.53 Å². The Hall–Kier alpha value is -1.90. The summed E-state index contributed by atoms with van der Waals surface area (Å²) >= 11 is 0. The summed E-state index contributed by atoms with van der Waals surface area (Å²) in [7, 11) is 1.65. The molecule has 0 aliphatic heterocycles. The van der Waals surface area contributed by atoms with E-state index in [-0.39, 0.29) is 18.0 Å².